The van der Waals surface area contributed by atoms with Gasteiger partial charge in [-0.3, -0.25) is 4.79 Å². The van der Waals surface area contributed by atoms with E-state index >= 15 is 0 Å². The van der Waals surface area contributed by atoms with Crippen molar-refractivity contribution in [3.05, 3.63) is 72.3 Å². The Morgan fingerprint density at radius 3 is 2.52 bits per heavy atom. The molecule has 0 aliphatic rings. The molecule has 1 aromatic heterocycles. The molecule has 0 radical (unpaired) electrons. The number of nitrogens with two attached hydrogens (primary N) is 2. The maximum Gasteiger partial charge on any atom is 0.238 e. The lowest BCUT2D eigenvalue weighted by atomic mass is 10.1. The van der Waals surface area contributed by atoms with Gasteiger partial charge in [-0.05, 0) is 59.4 Å². The molecule has 0 spiro atoms. The van der Waals surface area contributed by atoms with Crippen molar-refractivity contribution in [3.8, 4) is 11.1 Å². The van der Waals surface area contributed by atoms with Crippen LogP contribution in [0.5, 0.6) is 0 Å². The zero-order valence-corrected chi connectivity index (χ0v) is 18.0. The van der Waals surface area contributed by atoms with E-state index in [0.29, 0.717) is 35.5 Å². The van der Waals surface area contributed by atoms with Crippen LogP contribution in [0.25, 0.3) is 21.2 Å². The molecule has 1 heterocycles. The summed E-state index contributed by atoms with van der Waals surface area (Å²) >= 11 is 1.36. The molecule has 4 aromatic rings. The molecule has 0 atom stereocenters. The van der Waals surface area contributed by atoms with Crippen molar-refractivity contribution in [2.75, 3.05) is 11.1 Å². The summed E-state index contributed by atoms with van der Waals surface area (Å²) < 4.78 is 28.8. The summed E-state index contributed by atoms with van der Waals surface area (Å²) in [5, 5.41) is 9.09. The Morgan fingerprint density at radius 2 is 1.77 bits per heavy atom. The van der Waals surface area contributed by atoms with Gasteiger partial charge in [0.2, 0.25) is 15.9 Å². The third kappa shape index (κ3) is 4.74. The minimum absolute atomic E-state index is 0.0604. The molecular weight excluding hydrogens is 432 g/mol. The fraction of sp³-hybridized carbons (Fsp3) is 0.0909. The minimum atomic E-state index is -3.84. The molecule has 9 heteroatoms. The maximum absolute atomic E-state index is 12.4. The molecular formula is C22H20N4O3S2. The van der Waals surface area contributed by atoms with Crippen LogP contribution in [0.4, 0.5) is 11.5 Å². The number of benzene rings is 3. The summed E-state index contributed by atoms with van der Waals surface area (Å²) in [5.74, 6) is 0.393. The highest BCUT2D eigenvalue weighted by Gasteiger charge is 2.14. The summed E-state index contributed by atoms with van der Waals surface area (Å²) in [4.78, 5) is 12.4. The van der Waals surface area contributed by atoms with Crippen molar-refractivity contribution in [2.24, 2.45) is 5.14 Å². The summed E-state index contributed by atoms with van der Waals surface area (Å²) in [6, 6.07) is 19.4. The van der Waals surface area contributed by atoms with Gasteiger partial charge in [0.1, 0.15) is 5.82 Å². The predicted octanol–water partition coefficient (Wildman–Crippen LogP) is 3.76. The topological polar surface area (TPSA) is 128 Å². The van der Waals surface area contributed by atoms with E-state index in [2.05, 4.69) is 9.69 Å². The number of carbonyl (C=O) groups is 1. The monoisotopic (exact) mass is 452 g/mol. The Kier molecular flexibility index (Phi) is 5.73. The Hall–Kier alpha value is -3.27. The lowest BCUT2D eigenvalue weighted by molar-refractivity contribution is -0.116. The fourth-order valence-corrected chi connectivity index (χ4v) is 4.77. The van der Waals surface area contributed by atoms with Crippen LogP contribution in [0.1, 0.15) is 12.0 Å². The van der Waals surface area contributed by atoms with Crippen molar-refractivity contribution in [3.63, 3.8) is 0 Å². The number of nitrogens with one attached hydrogen (secondary N) is 1. The molecule has 0 aliphatic heterocycles. The molecule has 5 N–H and O–H groups in total. The molecule has 0 unspecified atom stereocenters. The highest BCUT2D eigenvalue weighted by Crippen LogP contribution is 2.28. The van der Waals surface area contributed by atoms with E-state index in [1.165, 1.54) is 17.6 Å². The van der Waals surface area contributed by atoms with Gasteiger partial charge in [-0.25, -0.2) is 13.6 Å². The number of nitrogens with zero attached hydrogens (tertiary/aromatic N) is 1. The number of aryl methyl sites for hydroxylation is 1. The van der Waals surface area contributed by atoms with Crippen LogP contribution in [0, 0.1) is 0 Å². The number of sulfonamides is 1. The number of carbonyl (C=O) groups excluding carboxylic acids is 1. The van der Waals surface area contributed by atoms with E-state index in [4.69, 9.17) is 10.9 Å². The van der Waals surface area contributed by atoms with Crippen LogP contribution in [0.2, 0.25) is 0 Å². The Labute approximate surface area is 183 Å². The van der Waals surface area contributed by atoms with Crippen LogP contribution in [-0.2, 0) is 21.2 Å². The lowest BCUT2D eigenvalue weighted by Crippen LogP contribution is -2.13. The Balaban J connectivity index is 1.42. The van der Waals surface area contributed by atoms with Gasteiger partial charge in [-0.1, -0.05) is 36.4 Å². The Bertz CT molecular complexity index is 1360. The smallest absolute Gasteiger partial charge is 0.238 e. The molecule has 0 saturated carbocycles. The first-order chi connectivity index (χ1) is 14.8. The Morgan fingerprint density at radius 1 is 1.03 bits per heavy atom. The van der Waals surface area contributed by atoms with Crippen molar-refractivity contribution in [1.82, 2.24) is 4.37 Å². The molecule has 1 amide bonds. The first-order valence-electron chi connectivity index (χ1n) is 9.47. The highest BCUT2D eigenvalue weighted by molar-refractivity contribution is 7.89. The number of hydrogen-bond acceptors (Lipinski definition) is 6. The maximum atomic E-state index is 12.4. The molecule has 7 nitrogen and oxygen atoms in total. The van der Waals surface area contributed by atoms with Crippen molar-refractivity contribution < 1.29 is 13.2 Å². The SMILES string of the molecule is Nc1nsc2ccc(CCC(=O)Nc3ccc(-c4ccccc4S(N)(=O)=O)cc3)cc12. The zero-order valence-electron chi connectivity index (χ0n) is 16.4. The summed E-state index contributed by atoms with van der Waals surface area (Å²) in [6.45, 7) is 0. The number of anilines is 2. The molecule has 31 heavy (non-hydrogen) atoms. The largest absolute Gasteiger partial charge is 0.382 e. The number of primary sulfonamides is 1. The third-order valence-corrected chi connectivity index (χ3v) is 6.69. The van der Waals surface area contributed by atoms with Crippen molar-refractivity contribution in [1.29, 1.82) is 0 Å². The number of hydrogen-bond donors (Lipinski definition) is 3. The van der Waals surface area contributed by atoms with Gasteiger partial charge in [0.25, 0.3) is 0 Å². The summed E-state index contributed by atoms with van der Waals surface area (Å²) in [5.41, 5.74) is 8.72. The molecule has 4 rings (SSSR count). The quantitative estimate of drug-likeness (QED) is 0.410. The fourth-order valence-electron chi connectivity index (χ4n) is 3.33. The zero-order chi connectivity index (χ0) is 22.0. The van der Waals surface area contributed by atoms with Crippen LogP contribution < -0.4 is 16.2 Å². The molecule has 0 bridgehead atoms. The van der Waals surface area contributed by atoms with Gasteiger partial charge in [-0.2, -0.15) is 4.37 Å². The van der Waals surface area contributed by atoms with Crippen molar-refractivity contribution >= 4 is 49.1 Å². The average Bonchev–Trinajstić information content (AvgIpc) is 3.12. The molecule has 0 saturated heterocycles. The van der Waals surface area contributed by atoms with Gasteiger partial charge < -0.3 is 11.1 Å². The first-order valence-corrected chi connectivity index (χ1v) is 11.8. The van der Waals surface area contributed by atoms with E-state index in [1.807, 2.05) is 18.2 Å². The number of aromatic nitrogens is 1. The van der Waals surface area contributed by atoms with Gasteiger partial charge in [0.15, 0.2) is 0 Å². The molecule has 3 aromatic carbocycles. The number of rotatable bonds is 6. The molecule has 158 valence electrons. The van der Waals surface area contributed by atoms with E-state index < -0.39 is 10.0 Å². The molecule has 0 fully saturated rings. The summed E-state index contributed by atoms with van der Waals surface area (Å²) in [7, 11) is -3.84. The van der Waals surface area contributed by atoms with Gasteiger partial charge in [0, 0.05) is 23.1 Å². The van der Waals surface area contributed by atoms with E-state index in [9.17, 15) is 13.2 Å². The van der Waals surface area contributed by atoms with Crippen LogP contribution in [0.15, 0.2) is 71.6 Å². The van der Waals surface area contributed by atoms with Crippen LogP contribution in [0.3, 0.4) is 0 Å². The van der Waals surface area contributed by atoms with Crippen LogP contribution in [-0.4, -0.2) is 18.7 Å². The van der Waals surface area contributed by atoms with E-state index in [1.54, 1.807) is 42.5 Å². The van der Waals surface area contributed by atoms with Crippen molar-refractivity contribution in [2.45, 2.75) is 17.7 Å². The number of fused-ring (bicyclic) bond motifs is 1. The second-order valence-electron chi connectivity index (χ2n) is 7.07. The lowest BCUT2D eigenvalue weighted by Gasteiger charge is -2.10. The van der Waals surface area contributed by atoms with Gasteiger partial charge in [-0.15, -0.1) is 0 Å². The normalized spacial score (nSPS) is 11.5. The average molecular weight is 453 g/mol. The van der Waals surface area contributed by atoms with E-state index in [0.717, 1.165) is 15.6 Å². The highest BCUT2D eigenvalue weighted by atomic mass is 32.2. The predicted molar refractivity (Wildman–Crippen MR) is 124 cm³/mol. The number of nitrogen functional groups attached to an aromatic ring is 1. The molecule has 0 aliphatic carbocycles. The second-order valence-corrected chi connectivity index (χ2v) is 9.40. The minimum Gasteiger partial charge on any atom is -0.382 e. The van der Waals surface area contributed by atoms with Crippen LogP contribution >= 0.6 is 11.5 Å². The first kappa shape index (κ1) is 21.0. The van der Waals surface area contributed by atoms with Gasteiger partial charge >= 0.3 is 0 Å². The third-order valence-electron chi connectivity index (χ3n) is 4.88. The summed E-state index contributed by atoms with van der Waals surface area (Å²) in [6.07, 6.45) is 0.899. The van der Waals surface area contributed by atoms with E-state index in [-0.39, 0.29) is 10.8 Å². The standard InChI is InChI=1S/C22H20N4O3S2/c23-22-18-13-14(5-11-19(18)30-26-22)6-12-21(27)25-16-9-7-15(8-10-16)17-3-1-2-4-20(17)31(24,28)29/h1-5,7-11,13H,6,12H2,(H2,23,26)(H,25,27)(H2,24,28,29). The van der Waals surface area contributed by atoms with Gasteiger partial charge in [0.05, 0.1) is 9.60 Å². The number of amides is 1. The second kappa shape index (κ2) is 8.46.